The Kier molecular flexibility index (Phi) is 6.67. The van der Waals surface area contributed by atoms with Crippen LogP contribution in [0.3, 0.4) is 0 Å². The molecular formula is C21H29N5OS. The van der Waals surface area contributed by atoms with Crippen molar-refractivity contribution < 1.29 is 4.74 Å². The SMILES string of the molecule is COc1ccc(CNC(=S)Nc2nc(C)cc(N3CC(C)CC(C)C3)n2)cc1. The number of anilines is 2. The summed E-state index contributed by atoms with van der Waals surface area (Å²) in [5.74, 6) is 3.68. The number of hydrogen-bond acceptors (Lipinski definition) is 5. The molecule has 0 amide bonds. The molecule has 0 saturated carbocycles. The van der Waals surface area contributed by atoms with Crippen LogP contribution in [-0.4, -0.2) is 35.3 Å². The number of ether oxygens (including phenoxy) is 1. The molecular weight excluding hydrogens is 370 g/mol. The first-order valence-corrected chi connectivity index (χ1v) is 10.1. The van der Waals surface area contributed by atoms with Gasteiger partial charge in [-0.2, -0.15) is 4.98 Å². The lowest BCUT2D eigenvalue weighted by atomic mass is 9.92. The topological polar surface area (TPSA) is 62.3 Å². The van der Waals surface area contributed by atoms with Crippen LogP contribution in [0, 0.1) is 18.8 Å². The van der Waals surface area contributed by atoms with Crippen molar-refractivity contribution >= 4 is 29.1 Å². The molecule has 2 atom stereocenters. The van der Waals surface area contributed by atoms with Gasteiger partial charge in [0.1, 0.15) is 11.6 Å². The van der Waals surface area contributed by atoms with E-state index in [-0.39, 0.29) is 0 Å². The molecule has 28 heavy (non-hydrogen) atoms. The summed E-state index contributed by atoms with van der Waals surface area (Å²) in [6.07, 6.45) is 1.27. The lowest BCUT2D eigenvalue weighted by Gasteiger charge is -2.36. The number of nitrogens with zero attached hydrogens (tertiary/aromatic N) is 3. The first-order valence-electron chi connectivity index (χ1n) is 9.71. The van der Waals surface area contributed by atoms with Gasteiger partial charge in [-0.05, 0) is 55.1 Å². The summed E-state index contributed by atoms with van der Waals surface area (Å²) < 4.78 is 5.18. The Morgan fingerprint density at radius 2 is 1.86 bits per heavy atom. The summed E-state index contributed by atoms with van der Waals surface area (Å²) in [4.78, 5) is 11.5. The maximum absolute atomic E-state index is 5.42. The van der Waals surface area contributed by atoms with Crippen LogP contribution in [-0.2, 0) is 6.54 Å². The molecule has 0 spiro atoms. The highest BCUT2D eigenvalue weighted by Gasteiger charge is 2.23. The highest BCUT2D eigenvalue weighted by molar-refractivity contribution is 7.80. The Morgan fingerprint density at radius 3 is 2.50 bits per heavy atom. The predicted molar refractivity (Wildman–Crippen MR) is 118 cm³/mol. The zero-order valence-electron chi connectivity index (χ0n) is 17.0. The first-order chi connectivity index (χ1) is 13.4. The standard InChI is InChI=1S/C21H29N5OS/c1-14-9-15(2)13-26(12-14)19-10-16(3)23-20(24-19)25-21(28)22-11-17-5-7-18(27-4)8-6-17/h5-8,10,14-15H,9,11-13H2,1-4H3,(H2,22,23,24,25,28). The highest BCUT2D eigenvalue weighted by atomic mass is 32.1. The lowest BCUT2D eigenvalue weighted by Crippen LogP contribution is -2.39. The van der Waals surface area contributed by atoms with E-state index in [1.165, 1.54) is 6.42 Å². The van der Waals surface area contributed by atoms with Crippen LogP contribution >= 0.6 is 12.2 Å². The van der Waals surface area contributed by atoms with Crippen molar-refractivity contribution in [3.63, 3.8) is 0 Å². The van der Waals surface area contributed by atoms with Gasteiger partial charge in [0.25, 0.3) is 0 Å². The van der Waals surface area contributed by atoms with E-state index in [1.54, 1.807) is 7.11 Å². The molecule has 2 aromatic rings. The van der Waals surface area contributed by atoms with Crippen molar-refractivity contribution in [2.45, 2.75) is 33.7 Å². The van der Waals surface area contributed by atoms with Crippen molar-refractivity contribution in [1.29, 1.82) is 0 Å². The molecule has 7 heteroatoms. The Balaban J connectivity index is 1.61. The minimum atomic E-state index is 0.507. The lowest BCUT2D eigenvalue weighted by molar-refractivity contribution is 0.355. The van der Waals surface area contributed by atoms with Crippen LogP contribution in [0.4, 0.5) is 11.8 Å². The number of hydrogen-bond donors (Lipinski definition) is 2. The van der Waals surface area contributed by atoms with Crippen LogP contribution in [0.2, 0.25) is 0 Å². The maximum Gasteiger partial charge on any atom is 0.231 e. The number of thiocarbonyl (C=S) groups is 1. The second kappa shape index (κ2) is 9.19. The third kappa shape index (κ3) is 5.55. The number of nitrogens with one attached hydrogen (secondary N) is 2. The molecule has 1 aromatic carbocycles. The average molecular weight is 400 g/mol. The minimum Gasteiger partial charge on any atom is -0.497 e. The smallest absolute Gasteiger partial charge is 0.231 e. The molecule has 1 aliphatic rings. The summed E-state index contributed by atoms with van der Waals surface area (Å²) >= 11 is 5.42. The second-order valence-electron chi connectivity index (χ2n) is 7.70. The van der Waals surface area contributed by atoms with Gasteiger partial charge in [0.05, 0.1) is 7.11 Å². The molecule has 2 unspecified atom stereocenters. The van der Waals surface area contributed by atoms with Crippen molar-refractivity contribution in [3.05, 3.63) is 41.6 Å². The minimum absolute atomic E-state index is 0.507. The summed E-state index contributed by atoms with van der Waals surface area (Å²) in [6.45, 7) is 9.26. The number of aromatic nitrogens is 2. The molecule has 6 nitrogen and oxygen atoms in total. The number of aryl methyl sites for hydroxylation is 1. The van der Waals surface area contributed by atoms with Crippen molar-refractivity contribution in [3.8, 4) is 5.75 Å². The zero-order valence-corrected chi connectivity index (χ0v) is 17.8. The van der Waals surface area contributed by atoms with Crippen molar-refractivity contribution in [2.75, 3.05) is 30.4 Å². The van der Waals surface area contributed by atoms with E-state index in [9.17, 15) is 0 Å². The Labute approximate surface area is 172 Å². The zero-order chi connectivity index (χ0) is 20.1. The van der Waals surface area contributed by atoms with Gasteiger partial charge in [0, 0.05) is 31.4 Å². The fraction of sp³-hybridized carbons (Fsp3) is 0.476. The molecule has 1 aromatic heterocycles. The van der Waals surface area contributed by atoms with Gasteiger partial charge < -0.3 is 20.3 Å². The normalized spacial score (nSPS) is 19.2. The molecule has 0 bridgehead atoms. The van der Waals surface area contributed by atoms with E-state index in [0.29, 0.717) is 29.4 Å². The average Bonchev–Trinajstić information content (AvgIpc) is 2.65. The summed E-state index contributed by atoms with van der Waals surface area (Å²) in [5, 5.41) is 6.83. The van der Waals surface area contributed by atoms with Crippen LogP contribution in [0.15, 0.2) is 30.3 Å². The fourth-order valence-corrected chi connectivity index (χ4v) is 3.85. The quantitative estimate of drug-likeness (QED) is 0.742. The van der Waals surface area contributed by atoms with Gasteiger partial charge in [-0.15, -0.1) is 0 Å². The monoisotopic (exact) mass is 399 g/mol. The predicted octanol–water partition coefficient (Wildman–Crippen LogP) is 3.76. The van der Waals surface area contributed by atoms with Crippen LogP contribution in [0.5, 0.6) is 5.75 Å². The van der Waals surface area contributed by atoms with Crippen molar-refractivity contribution in [2.24, 2.45) is 11.8 Å². The number of benzene rings is 1. The number of methoxy groups -OCH3 is 1. The van der Waals surface area contributed by atoms with E-state index in [0.717, 1.165) is 35.9 Å². The Morgan fingerprint density at radius 1 is 1.18 bits per heavy atom. The molecule has 150 valence electrons. The molecule has 1 fully saturated rings. The summed E-state index contributed by atoms with van der Waals surface area (Å²) in [6, 6.07) is 9.93. The van der Waals surface area contributed by atoms with Crippen molar-refractivity contribution in [1.82, 2.24) is 15.3 Å². The van der Waals surface area contributed by atoms with Crippen LogP contribution < -0.4 is 20.3 Å². The summed E-state index contributed by atoms with van der Waals surface area (Å²) in [7, 11) is 1.66. The van der Waals surface area contributed by atoms with E-state index < -0.39 is 0 Å². The largest absolute Gasteiger partial charge is 0.497 e. The fourth-order valence-electron chi connectivity index (χ4n) is 3.69. The first kappa shape index (κ1) is 20.3. The Hall–Kier alpha value is -2.41. The maximum atomic E-state index is 5.42. The number of rotatable bonds is 5. The third-order valence-electron chi connectivity index (χ3n) is 4.87. The second-order valence-corrected chi connectivity index (χ2v) is 8.11. The van der Waals surface area contributed by atoms with Gasteiger partial charge in [0.2, 0.25) is 5.95 Å². The van der Waals surface area contributed by atoms with Gasteiger partial charge >= 0.3 is 0 Å². The molecule has 0 radical (unpaired) electrons. The van der Waals surface area contributed by atoms with Crippen LogP contribution in [0.1, 0.15) is 31.5 Å². The number of piperidine rings is 1. The summed E-state index contributed by atoms with van der Waals surface area (Å²) in [5.41, 5.74) is 2.04. The van der Waals surface area contributed by atoms with Gasteiger partial charge in [-0.1, -0.05) is 26.0 Å². The van der Waals surface area contributed by atoms with E-state index in [1.807, 2.05) is 37.3 Å². The molecule has 1 aliphatic heterocycles. The van der Waals surface area contributed by atoms with E-state index in [2.05, 4.69) is 34.4 Å². The third-order valence-corrected chi connectivity index (χ3v) is 5.12. The van der Waals surface area contributed by atoms with E-state index >= 15 is 0 Å². The highest BCUT2D eigenvalue weighted by Crippen LogP contribution is 2.26. The van der Waals surface area contributed by atoms with Gasteiger partial charge in [-0.3, -0.25) is 0 Å². The van der Waals surface area contributed by atoms with Crippen LogP contribution in [0.25, 0.3) is 0 Å². The van der Waals surface area contributed by atoms with Gasteiger partial charge in [-0.25, -0.2) is 4.98 Å². The molecule has 1 saturated heterocycles. The van der Waals surface area contributed by atoms with Gasteiger partial charge in [0.15, 0.2) is 5.11 Å². The molecule has 3 rings (SSSR count). The van der Waals surface area contributed by atoms with E-state index in [4.69, 9.17) is 21.9 Å². The molecule has 0 aliphatic carbocycles. The molecule has 2 N–H and O–H groups in total. The molecule has 2 heterocycles. The Bertz CT molecular complexity index is 801.